The van der Waals surface area contributed by atoms with Crippen molar-refractivity contribution in [2.24, 2.45) is 0 Å². The predicted octanol–water partition coefficient (Wildman–Crippen LogP) is 3.55. The molecule has 0 radical (unpaired) electrons. The third-order valence-corrected chi connectivity index (χ3v) is 3.68. The standard InChI is InChI=1S/C15H17ClN2O2/c1-9-14(10(2)18(17-9)11(3)19)15(20-4)12-7-5-6-8-13(12)16/h5-8,15H,1-4H3. The highest BCUT2D eigenvalue weighted by atomic mass is 35.5. The third-order valence-electron chi connectivity index (χ3n) is 3.33. The van der Waals surface area contributed by atoms with E-state index in [1.807, 2.05) is 38.1 Å². The summed E-state index contributed by atoms with van der Waals surface area (Å²) in [6, 6.07) is 7.52. The van der Waals surface area contributed by atoms with Crippen LogP contribution in [0.1, 0.15) is 40.3 Å². The quantitative estimate of drug-likeness (QED) is 0.869. The number of aryl methyl sites for hydroxylation is 1. The van der Waals surface area contributed by atoms with E-state index in [4.69, 9.17) is 16.3 Å². The Hall–Kier alpha value is -1.65. The number of halogens is 1. The number of rotatable bonds is 3. The van der Waals surface area contributed by atoms with Crippen LogP contribution in [0.4, 0.5) is 0 Å². The van der Waals surface area contributed by atoms with Crippen molar-refractivity contribution in [3.63, 3.8) is 0 Å². The number of carbonyl (C=O) groups excluding carboxylic acids is 1. The van der Waals surface area contributed by atoms with Gasteiger partial charge in [0, 0.05) is 30.2 Å². The molecule has 1 heterocycles. The van der Waals surface area contributed by atoms with Gasteiger partial charge in [-0.3, -0.25) is 4.79 Å². The third kappa shape index (κ3) is 2.49. The molecule has 0 aliphatic carbocycles. The van der Waals surface area contributed by atoms with Crippen LogP contribution in [0, 0.1) is 13.8 Å². The molecule has 1 aromatic heterocycles. The van der Waals surface area contributed by atoms with E-state index >= 15 is 0 Å². The highest BCUT2D eigenvalue weighted by Crippen LogP contribution is 2.34. The van der Waals surface area contributed by atoms with Gasteiger partial charge in [-0.15, -0.1) is 0 Å². The van der Waals surface area contributed by atoms with Crippen LogP contribution in [0.3, 0.4) is 0 Å². The van der Waals surface area contributed by atoms with Crippen molar-refractivity contribution in [1.29, 1.82) is 0 Å². The fraction of sp³-hybridized carbons (Fsp3) is 0.333. The lowest BCUT2D eigenvalue weighted by molar-refractivity contribution is 0.0917. The average Bonchev–Trinajstić information content (AvgIpc) is 2.70. The van der Waals surface area contributed by atoms with Crippen molar-refractivity contribution < 1.29 is 9.53 Å². The number of carbonyl (C=O) groups is 1. The van der Waals surface area contributed by atoms with Crippen molar-refractivity contribution in [3.05, 3.63) is 51.8 Å². The molecule has 0 saturated carbocycles. The molecule has 0 saturated heterocycles. The van der Waals surface area contributed by atoms with Crippen LogP contribution in [0.5, 0.6) is 0 Å². The second-order valence-corrected chi connectivity index (χ2v) is 5.06. The van der Waals surface area contributed by atoms with E-state index in [2.05, 4.69) is 5.10 Å². The minimum Gasteiger partial charge on any atom is -0.372 e. The molecule has 0 amide bonds. The van der Waals surface area contributed by atoms with Crippen LogP contribution < -0.4 is 0 Å². The maximum Gasteiger partial charge on any atom is 0.243 e. The van der Waals surface area contributed by atoms with Crippen LogP contribution in [0.25, 0.3) is 0 Å². The molecular weight excluding hydrogens is 276 g/mol. The van der Waals surface area contributed by atoms with Crippen molar-refractivity contribution >= 4 is 17.5 Å². The van der Waals surface area contributed by atoms with Crippen molar-refractivity contribution in [2.75, 3.05) is 7.11 Å². The zero-order valence-corrected chi connectivity index (χ0v) is 12.7. The summed E-state index contributed by atoms with van der Waals surface area (Å²) in [6.45, 7) is 5.21. The number of hydrogen-bond donors (Lipinski definition) is 0. The molecule has 106 valence electrons. The van der Waals surface area contributed by atoms with E-state index in [1.165, 1.54) is 11.6 Å². The van der Waals surface area contributed by atoms with Gasteiger partial charge in [0.1, 0.15) is 6.10 Å². The SMILES string of the molecule is COC(c1ccccc1Cl)c1c(C)nn(C(C)=O)c1C. The summed E-state index contributed by atoms with van der Waals surface area (Å²) in [7, 11) is 1.62. The van der Waals surface area contributed by atoms with Crippen molar-refractivity contribution in [1.82, 2.24) is 9.78 Å². The lowest BCUT2D eigenvalue weighted by atomic mass is 9.99. The molecule has 1 unspecified atom stereocenters. The van der Waals surface area contributed by atoms with Crippen LogP contribution in [0.2, 0.25) is 5.02 Å². The first-order valence-electron chi connectivity index (χ1n) is 6.31. The number of benzene rings is 1. The molecule has 0 aliphatic heterocycles. The van der Waals surface area contributed by atoms with Gasteiger partial charge in [-0.2, -0.15) is 5.10 Å². The van der Waals surface area contributed by atoms with E-state index in [0.29, 0.717) is 5.02 Å². The van der Waals surface area contributed by atoms with Gasteiger partial charge in [-0.1, -0.05) is 29.8 Å². The molecule has 2 rings (SSSR count). The molecule has 1 aromatic carbocycles. The maximum absolute atomic E-state index is 11.6. The van der Waals surface area contributed by atoms with Gasteiger partial charge >= 0.3 is 0 Å². The van der Waals surface area contributed by atoms with Crippen molar-refractivity contribution in [3.8, 4) is 0 Å². The summed E-state index contributed by atoms with van der Waals surface area (Å²) < 4.78 is 7.01. The van der Waals surface area contributed by atoms with Crippen LogP contribution >= 0.6 is 11.6 Å². The lowest BCUT2D eigenvalue weighted by Crippen LogP contribution is -2.11. The average molecular weight is 293 g/mol. The zero-order chi connectivity index (χ0) is 14.9. The molecule has 0 bridgehead atoms. The first-order chi connectivity index (χ1) is 9.47. The van der Waals surface area contributed by atoms with Gasteiger partial charge in [-0.25, -0.2) is 4.68 Å². The Morgan fingerprint density at radius 1 is 1.35 bits per heavy atom. The van der Waals surface area contributed by atoms with Gasteiger partial charge in [0.05, 0.1) is 11.4 Å². The van der Waals surface area contributed by atoms with Crippen LogP contribution in [0.15, 0.2) is 24.3 Å². The van der Waals surface area contributed by atoms with E-state index in [9.17, 15) is 4.79 Å². The van der Waals surface area contributed by atoms with Gasteiger partial charge < -0.3 is 4.74 Å². The number of hydrogen-bond acceptors (Lipinski definition) is 3. The molecule has 0 fully saturated rings. The second-order valence-electron chi connectivity index (χ2n) is 4.65. The smallest absolute Gasteiger partial charge is 0.243 e. The Kier molecular flexibility index (Phi) is 4.26. The van der Waals surface area contributed by atoms with Crippen LogP contribution in [-0.4, -0.2) is 22.8 Å². The molecule has 2 aromatic rings. The first-order valence-corrected chi connectivity index (χ1v) is 6.69. The summed E-state index contributed by atoms with van der Waals surface area (Å²) in [4.78, 5) is 11.6. The fourth-order valence-electron chi connectivity index (χ4n) is 2.43. The van der Waals surface area contributed by atoms with E-state index in [-0.39, 0.29) is 12.0 Å². The van der Waals surface area contributed by atoms with Crippen LogP contribution in [-0.2, 0) is 4.74 Å². The normalized spacial score (nSPS) is 12.4. The Morgan fingerprint density at radius 2 is 2.00 bits per heavy atom. The minimum atomic E-state index is -0.336. The topological polar surface area (TPSA) is 44.1 Å². The number of nitrogens with zero attached hydrogens (tertiary/aromatic N) is 2. The Balaban J connectivity index is 2.59. The Labute approximate surface area is 123 Å². The molecular formula is C15H17ClN2O2. The number of ether oxygens (including phenoxy) is 1. The lowest BCUT2D eigenvalue weighted by Gasteiger charge is -2.18. The largest absolute Gasteiger partial charge is 0.372 e. The molecule has 0 spiro atoms. The predicted molar refractivity (Wildman–Crippen MR) is 78.3 cm³/mol. The van der Waals surface area contributed by atoms with E-state index in [1.54, 1.807) is 7.11 Å². The highest BCUT2D eigenvalue weighted by molar-refractivity contribution is 6.31. The molecule has 1 atom stereocenters. The molecule has 4 nitrogen and oxygen atoms in total. The van der Waals surface area contributed by atoms with Gasteiger partial charge in [-0.05, 0) is 19.9 Å². The summed E-state index contributed by atoms with van der Waals surface area (Å²) in [5.74, 6) is -0.120. The molecule has 5 heteroatoms. The van der Waals surface area contributed by atoms with Gasteiger partial charge in [0.2, 0.25) is 5.91 Å². The minimum absolute atomic E-state index is 0.120. The number of methoxy groups -OCH3 is 1. The van der Waals surface area contributed by atoms with E-state index < -0.39 is 0 Å². The molecule has 0 aliphatic rings. The summed E-state index contributed by atoms with van der Waals surface area (Å²) in [6.07, 6.45) is -0.336. The molecule has 20 heavy (non-hydrogen) atoms. The van der Waals surface area contributed by atoms with E-state index in [0.717, 1.165) is 22.5 Å². The summed E-state index contributed by atoms with van der Waals surface area (Å²) >= 11 is 6.25. The first kappa shape index (κ1) is 14.8. The summed E-state index contributed by atoms with van der Waals surface area (Å²) in [5, 5.41) is 4.91. The van der Waals surface area contributed by atoms with Gasteiger partial charge in [0.25, 0.3) is 0 Å². The Morgan fingerprint density at radius 3 is 2.50 bits per heavy atom. The Bertz CT molecular complexity index is 649. The fourth-order valence-corrected chi connectivity index (χ4v) is 2.66. The summed E-state index contributed by atoms with van der Waals surface area (Å²) in [5.41, 5.74) is 3.30. The second kappa shape index (κ2) is 5.77. The number of aromatic nitrogens is 2. The van der Waals surface area contributed by atoms with Crippen molar-refractivity contribution in [2.45, 2.75) is 26.9 Å². The zero-order valence-electron chi connectivity index (χ0n) is 12.0. The molecule has 0 N–H and O–H groups in total. The maximum atomic E-state index is 11.6. The monoisotopic (exact) mass is 292 g/mol. The highest BCUT2D eigenvalue weighted by Gasteiger charge is 2.25. The van der Waals surface area contributed by atoms with Gasteiger partial charge in [0.15, 0.2) is 0 Å².